The molecule has 1 aliphatic rings. The molecular formula is C13H14CrO. The van der Waals surface area contributed by atoms with Crippen LogP contribution in [0.2, 0.25) is 0 Å². The predicted molar refractivity (Wildman–Crippen MR) is 59.2 cm³/mol. The van der Waals surface area contributed by atoms with Crippen LogP contribution < -0.4 is 0 Å². The fourth-order valence-corrected chi connectivity index (χ4v) is 2.40. The second kappa shape index (κ2) is 4.90. The third-order valence-corrected chi connectivity index (χ3v) is 3.42. The number of hydrogen-bond acceptors (Lipinski definition) is 1. The molecule has 0 unspecified atom stereocenters. The summed E-state index contributed by atoms with van der Waals surface area (Å²) in [6.07, 6.45) is 3.52. The third kappa shape index (κ3) is 2.29. The third-order valence-electron chi connectivity index (χ3n) is 2.77. The molecular weight excluding hydrogens is 224 g/mol. The quantitative estimate of drug-likeness (QED) is 0.786. The van der Waals surface area contributed by atoms with Gasteiger partial charge in [-0.05, 0) is 0 Å². The summed E-state index contributed by atoms with van der Waals surface area (Å²) in [6.45, 7) is 0. The summed E-state index contributed by atoms with van der Waals surface area (Å²) in [5.41, 5.74) is 4.12. The van der Waals surface area contributed by atoms with Crippen molar-refractivity contribution in [2.24, 2.45) is 0 Å². The Hall–Kier alpha value is -0.678. The van der Waals surface area contributed by atoms with Crippen LogP contribution in [0.4, 0.5) is 0 Å². The van der Waals surface area contributed by atoms with Gasteiger partial charge in [0.2, 0.25) is 0 Å². The molecule has 2 rings (SSSR count). The number of benzene rings is 1. The van der Waals surface area contributed by atoms with E-state index in [-0.39, 0.29) is 0 Å². The molecule has 0 aliphatic heterocycles. The van der Waals surface area contributed by atoms with Crippen LogP contribution in [0.1, 0.15) is 24.8 Å². The molecule has 0 radical (unpaired) electrons. The van der Waals surface area contributed by atoms with Gasteiger partial charge in [-0.1, -0.05) is 0 Å². The van der Waals surface area contributed by atoms with Crippen molar-refractivity contribution in [2.75, 3.05) is 7.11 Å². The van der Waals surface area contributed by atoms with Gasteiger partial charge in [-0.2, -0.15) is 0 Å². The van der Waals surface area contributed by atoms with Gasteiger partial charge in [0.05, 0.1) is 0 Å². The van der Waals surface area contributed by atoms with E-state index in [0.717, 1.165) is 17.4 Å². The van der Waals surface area contributed by atoms with Crippen LogP contribution in [0.3, 0.4) is 0 Å². The van der Waals surface area contributed by atoms with Crippen molar-refractivity contribution in [1.82, 2.24) is 0 Å². The van der Waals surface area contributed by atoms with E-state index in [9.17, 15) is 0 Å². The van der Waals surface area contributed by atoms with Gasteiger partial charge in [0.25, 0.3) is 0 Å². The number of rotatable bonds is 3. The summed E-state index contributed by atoms with van der Waals surface area (Å²) < 4.78 is 6.24. The summed E-state index contributed by atoms with van der Waals surface area (Å²) >= 11 is 3.00. The van der Waals surface area contributed by atoms with Crippen molar-refractivity contribution in [2.45, 2.75) is 19.3 Å². The Kier molecular flexibility index (Phi) is 3.54. The zero-order valence-electron chi connectivity index (χ0n) is 8.82. The molecule has 0 aromatic heterocycles. The van der Waals surface area contributed by atoms with E-state index in [1.165, 1.54) is 23.1 Å². The van der Waals surface area contributed by atoms with E-state index in [4.69, 9.17) is 4.74 Å². The maximum absolute atomic E-state index is 5.29. The van der Waals surface area contributed by atoms with E-state index in [1.54, 1.807) is 7.11 Å². The van der Waals surface area contributed by atoms with Gasteiger partial charge >= 0.3 is 98.6 Å². The first kappa shape index (κ1) is 10.8. The van der Waals surface area contributed by atoms with E-state index in [1.807, 2.05) is 0 Å². The Balaban J connectivity index is 2.38. The molecule has 2 heteroatoms. The maximum atomic E-state index is 5.29. The Labute approximate surface area is 98.7 Å². The monoisotopic (exact) mass is 238 g/mol. The van der Waals surface area contributed by atoms with Crippen molar-refractivity contribution in [3.8, 4) is 0 Å². The van der Waals surface area contributed by atoms with Gasteiger partial charge in [0.15, 0.2) is 0 Å². The van der Waals surface area contributed by atoms with Crippen LogP contribution in [0, 0.1) is 0 Å². The Bertz CT molecular complexity index is 392. The zero-order chi connectivity index (χ0) is 10.7. The summed E-state index contributed by atoms with van der Waals surface area (Å²) in [5, 5.41) is 0. The molecule has 15 heavy (non-hydrogen) atoms. The molecule has 1 aromatic rings. The van der Waals surface area contributed by atoms with Crippen molar-refractivity contribution >= 4 is 10.1 Å². The van der Waals surface area contributed by atoms with Crippen LogP contribution in [0.15, 0.2) is 35.9 Å². The van der Waals surface area contributed by atoms with Crippen LogP contribution in [-0.4, -0.2) is 11.7 Å². The first-order chi connectivity index (χ1) is 7.33. The molecule has 78 valence electrons. The average molecular weight is 238 g/mol. The molecule has 0 heterocycles. The number of ether oxygens (including phenoxy) is 1. The van der Waals surface area contributed by atoms with Gasteiger partial charge in [-0.3, -0.25) is 0 Å². The summed E-state index contributed by atoms with van der Waals surface area (Å²) in [7, 11) is 1.72. The van der Waals surface area contributed by atoms with Gasteiger partial charge in [0, 0.05) is 0 Å². The van der Waals surface area contributed by atoms with Crippen molar-refractivity contribution in [3.63, 3.8) is 0 Å². The van der Waals surface area contributed by atoms with Crippen molar-refractivity contribution in [1.29, 1.82) is 0 Å². The molecule has 1 aliphatic carbocycles. The van der Waals surface area contributed by atoms with Crippen LogP contribution in [-0.2, 0) is 20.6 Å². The van der Waals surface area contributed by atoms with E-state index < -0.39 is 0 Å². The normalized spacial score (nSPS) is 15.8. The first-order valence-corrected chi connectivity index (χ1v) is 5.82. The average Bonchev–Trinajstić information content (AvgIpc) is 2.78. The number of hydrogen-bond donors (Lipinski definition) is 0. The minimum absolute atomic E-state index is 0.950. The SMILES string of the molecule is CO[C](=[Cr])C1=C(c2ccccc2)CCC1. The molecule has 1 nitrogen and oxygen atoms in total. The fourth-order valence-electron chi connectivity index (χ4n) is 2.05. The number of allylic oxidation sites excluding steroid dienone is 1. The molecule has 0 saturated carbocycles. The van der Waals surface area contributed by atoms with Gasteiger partial charge in [-0.25, -0.2) is 0 Å². The second-order valence-electron chi connectivity index (χ2n) is 3.67. The summed E-state index contributed by atoms with van der Waals surface area (Å²) in [6, 6.07) is 10.6. The predicted octanol–water partition coefficient (Wildman–Crippen LogP) is 2.95. The van der Waals surface area contributed by atoms with Crippen LogP contribution >= 0.6 is 0 Å². The molecule has 0 N–H and O–H groups in total. The zero-order valence-corrected chi connectivity index (χ0v) is 10.1. The minimum atomic E-state index is 0.950. The van der Waals surface area contributed by atoms with Crippen LogP contribution in [0.5, 0.6) is 0 Å². The van der Waals surface area contributed by atoms with E-state index in [2.05, 4.69) is 46.2 Å². The van der Waals surface area contributed by atoms with Crippen molar-refractivity contribution < 1.29 is 20.6 Å². The second-order valence-corrected chi connectivity index (χ2v) is 4.25. The Morgan fingerprint density at radius 2 is 1.93 bits per heavy atom. The molecule has 0 amide bonds. The summed E-state index contributed by atoms with van der Waals surface area (Å²) in [4.78, 5) is 0. The molecule has 0 fully saturated rings. The molecule has 0 bridgehead atoms. The Morgan fingerprint density at radius 3 is 2.60 bits per heavy atom. The van der Waals surface area contributed by atoms with Gasteiger partial charge < -0.3 is 0 Å². The van der Waals surface area contributed by atoms with Gasteiger partial charge in [-0.15, -0.1) is 0 Å². The van der Waals surface area contributed by atoms with Crippen molar-refractivity contribution in [3.05, 3.63) is 41.5 Å². The molecule has 0 atom stereocenters. The number of methoxy groups -OCH3 is 1. The standard InChI is InChI=1S/C13H14O.Cr/c1-14-10-12-8-5-9-13(12)11-6-3-2-4-7-11;/h2-4,6-7H,5,8-9H2,1H3;. The summed E-state index contributed by atoms with van der Waals surface area (Å²) in [5.74, 6) is 0. The van der Waals surface area contributed by atoms with Gasteiger partial charge in [0.1, 0.15) is 0 Å². The molecule has 1 aromatic carbocycles. The first-order valence-electron chi connectivity index (χ1n) is 5.18. The Morgan fingerprint density at radius 1 is 1.20 bits per heavy atom. The molecule has 0 saturated heterocycles. The fraction of sp³-hybridized carbons (Fsp3) is 0.308. The molecule has 0 spiro atoms. The van der Waals surface area contributed by atoms with E-state index in [0.29, 0.717) is 0 Å². The van der Waals surface area contributed by atoms with Crippen LogP contribution in [0.25, 0.3) is 5.57 Å². The topological polar surface area (TPSA) is 9.23 Å². The van der Waals surface area contributed by atoms with E-state index >= 15 is 0 Å².